The van der Waals surface area contributed by atoms with Gasteiger partial charge in [0.15, 0.2) is 0 Å². The van der Waals surface area contributed by atoms with Crippen molar-refractivity contribution in [3.8, 4) is 11.5 Å². The maximum atomic E-state index is 5.88. The first kappa shape index (κ1) is 14.1. The van der Waals surface area contributed by atoms with Gasteiger partial charge in [0.25, 0.3) is 0 Å². The zero-order valence-corrected chi connectivity index (χ0v) is 12.8. The average Bonchev–Trinajstić information content (AvgIpc) is 2.40. The van der Waals surface area contributed by atoms with Crippen molar-refractivity contribution >= 4 is 15.9 Å². The molecule has 0 spiro atoms. The van der Waals surface area contributed by atoms with Crippen LogP contribution in [0.2, 0.25) is 0 Å². The fourth-order valence-electron chi connectivity index (χ4n) is 1.70. The predicted octanol–water partition coefficient (Wildman–Crippen LogP) is 4.74. The molecule has 2 nitrogen and oxygen atoms in total. The summed E-state index contributed by atoms with van der Waals surface area (Å²) in [5.74, 6) is 1.69. The van der Waals surface area contributed by atoms with Crippen LogP contribution in [-0.2, 0) is 6.54 Å². The highest BCUT2D eigenvalue weighted by atomic mass is 79.9. The lowest BCUT2D eigenvalue weighted by atomic mass is 10.2. The molecule has 0 saturated heterocycles. The summed E-state index contributed by atoms with van der Waals surface area (Å²) in [5.41, 5.74) is 1.22. The van der Waals surface area contributed by atoms with E-state index >= 15 is 0 Å². The van der Waals surface area contributed by atoms with Gasteiger partial charge in [-0.3, -0.25) is 0 Å². The van der Waals surface area contributed by atoms with Gasteiger partial charge in [0.05, 0.1) is 4.47 Å². The van der Waals surface area contributed by atoms with Gasteiger partial charge in [0, 0.05) is 12.6 Å². The molecule has 0 radical (unpaired) electrons. The van der Waals surface area contributed by atoms with E-state index in [1.54, 1.807) is 0 Å². The quantitative estimate of drug-likeness (QED) is 0.859. The SMILES string of the molecule is CC(C)NCc1cccc(Oc2ccccc2Br)c1. The van der Waals surface area contributed by atoms with Crippen LogP contribution in [0.3, 0.4) is 0 Å². The molecule has 0 fully saturated rings. The van der Waals surface area contributed by atoms with Crippen molar-refractivity contribution in [3.05, 3.63) is 58.6 Å². The smallest absolute Gasteiger partial charge is 0.141 e. The first-order valence-corrected chi connectivity index (χ1v) is 7.19. The van der Waals surface area contributed by atoms with Crippen LogP contribution in [0, 0.1) is 0 Å². The van der Waals surface area contributed by atoms with Crippen LogP contribution >= 0.6 is 15.9 Å². The van der Waals surface area contributed by atoms with Crippen LogP contribution in [0.15, 0.2) is 53.0 Å². The number of para-hydroxylation sites is 1. The van der Waals surface area contributed by atoms with E-state index < -0.39 is 0 Å². The van der Waals surface area contributed by atoms with E-state index in [-0.39, 0.29) is 0 Å². The zero-order valence-electron chi connectivity index (χ0n) is 11.2. The minimum absolute atomic E-state index is 0.479. The summed E-state index contributed by atoms with van der Waals surface area (Å²) in [5, 5.41) is 3.40. The average molecular weight is 320 g/mol. The van der Waals surface area contributed by atoms with Gasteiger partial charge in [-0.05, 0) is 45.8 Å². The summed E-state index contributed by atoms with van der Waals surface area (Å²) in [6.07, 6.45) is 0. The number of rotatable bonds is 5. The van der Waals surface area contributed by atoms with Crippen LogP contribution in [-0.4, -0.2) is 6.04 Å². The minimum atomic E-state index is 0.479. The van der Waals surface area contributed by atoms with Crippen molar-refractivity contribution < 1.29 is 4.74 Å². The number of ether oxygens (including phenoxy) is 1. The third kappa shape index (κ3) is 4.37. The summed E-state index contributed by atoms with van der Waals surface area (Å²) in [7, 11) is 0. The summed E-state index contributed by atoms with van der Waals surface area (Å²) >= 11 is 3.48. The second-order valence-electron chi connectivity index (χ2n) is 4.72. The van der Waals surface area contributed by atoms with Gasteiger partial charge >= 0.3 is 0 Å². The van der Waals surface area contributed by atoms with Crippen LogP contribution in [0.1, 0.15) is 19.4 Å². The molecule has 3 heteroatoms. The Morgan fingerprint density at radius 2 is 1.89 bits per heavy atom. The minimum Gasteiger partial charge on any atom is -0.456 e. The molecule has 0 amide bonds. The van der Waals surface area contributed by atoms with E-state index in [1.807, 2.05) is 36.4 Å². The number of hydrogen-bond acceptors (Lipinski definition) is 2. The standard InChI is InChI=1S/C16H18BrNO/c1-12(2)18-11-13-6-5-7-14(10-13)19-16-9-4-3-8-15(16)17/h3-10,12,18H,11H2,1-2H3. The number of halogens is 1. The molecule has 100 valence electrons. The third-order valence-corrected chi connectivity index (χ3v) is 3.33. The normalized spacial score (nSPS) is 10.7. The fourth-order valence-corrected chi connectivity index (χ4v) is 2.06. The molecule has 19 heavy (non-hydrogen) atoms. The number of benzene rings is 2. The van der Waals surface area contributed by atoms with Crippen LogP contribution in [0.25, 0.3) is 0 Å². The Hall–Kier alpha value is -1.32. The largest absolute Gasteiger partial charge is 0.456 e. The van der Waals surface area contributed by atoms with Gasteiger partial charge < -0.3 is 10.1 Å². The molecule has 2 rings (SSSR count). The lowest BCUT2D eigenvalue weighted by Gasteiger charge is -2.11. The van der Waals surface area contributed by atoms with Crippen LogP contribution in [0.4, 0.5) is 0 Å². The van der Waals surface area contributed by atoms with Gasteiger partial charge in [-0.25, -0.2) is 0 Å². The van der Waals surface area contributed by atoms with Crippen molar-refractivity contribution in [1.82, 2.24) is 5.32 Å². The van der Waals surface area contributed by atoms with Gasteiger partial charge in [0.2, 0.25) is 0 Å². The van der Waals surface area contributed by atoms with Crippen molar-refractivity contribution in [2.45, 2.75) is 26.4 Å². The lowest BCUT2D eigenvalue weighted by molar-refractivity contribution is 0.478. The topological polar surface area (TPSA) is 21.3 Å². The molecule has 0 saturated carbocycles. The highest BCUT2D eigenvalue weighted by Crippen LogP contribution is 2.29. The Bertz CT molecular complexity index is 540. The Morgan fingerprint density at radius 3 is 2.63 bits per heavy atom. The first-order valence-electron chi connectivity index (χ1n) is 6.40. The van der Waals surface area contributed by atoms with Crippen LogP contribution < -0.4 is 10.1 Å². The second kappa shape index (κ2) is 6.73. The molecule has 0 heterocycles. The van der Waals surface area contributed by atoms with E-state index in [0.29, 0.717) is 6.04 Å². The van der Waals surface area contributed by atoms with E-state index in [4.69, 9.17) is 4.74 Å². The molecule has 2 aromatic carbocycles. The number of hydrogen-bond donors (Lipinski definition) is 1. The molecule has 0 bridgehead atoms. The Morgan fingerprint density at radius 1 is 1.11 bits per heavy atom. The van der Waals surface area contributed by atoms with Crippen LogP contribution in [0.5, 0.6) is 11.5 Å². The molecular formula is C16H18BrNO. The van der Waals surface area contributed by atoms with Crippen molar-refractivity contribution in [1.29, 1.82) is 0 Å². The lowest BCUT2D eigenvalue weighted by Crippen LogP contribution is -2.21. The van der Waals surface area contributed by atoms with E-state index in [1.165, 1.54) is 5.56 Å². The number of nitrogens with one attached hydrogen (secondary N) is 1. The van der Waals surface area contributed by atoms with E-state index in [9.17, 15) is 0 Å². The van der Waals surface area contributed by atoms with Gasteiger partial charge in [0.1, 0.15) is 11.5 Å². The molecule has 0 aromatic heterocycles. The summed E-state index contributed by atoms with van der Waals surface area (Å²) in [6.45, 7) is 5.13. The van der Waals surface area contributed by atoms with Crippen molar-refractivity contribution in [2.75, 3.05) is 0 Å². The highest BCUT2D eigenvalue weighted by Gasteiger charge is 2.03. The molecule has 0 unspecified atom stereocenters. The Balaban J connectivity index is 2.09. The Kier molecular flexibility index (Phi) is 5.00. The van der Waals surface area contributed by atoms with Crippen molar-refractivity contribution in [3.63, 3.8) is 0 Å². The molecule has 0 aliphatic rings. The van der Waals surface area contributed by atoms with E-state index in [0.717, 1.165) is 22.5 Å². The molecular weight excluding hydrogens is 302 g/mol. The second-order valence-corrected chi connectivity index (χ2v) is 5.57. The van der Waals surface area contributed by atoms with Gasteiger partial charge in [-0.15, -0.1) is 0 Å². The molecule has 0 atom stereocenters. The molecule has 0 aliphatic carbocycles. The monoisotopic (exact) mass is 319 g/mol. The highest BCUT2D eigenvalue weighted by molar-refractivity contribution is 9.10. The van der Waals surface area contributed by atoms with Gasteiger partial charge in [-0.1, -0.05) is 38.1 Å². The maximum Gasteiger partial charge on any atom is 0.141 e. The molecule has 2 aromatic rings. The first-order chi connectivity index (χ1) is 9.15. The zero-order chi connectivity index (χ0) is 13.7. The summed E-state index contributed by atoms with van der Waals surface area (Å²) in [6, 6.07) is 16.5. The Labute approximate surface area is 122 Å². The van der Waals surface area contributed by atoms with Crippen molar-refractivity contribution in [2.24, 2.45) is 0 Å². The predicted molar refractivity (Wildman–Crippen MR) is 82.6 cm³/mol. The fraction of sp³-hybridized carbons (Fsp3) is 0.250. The molecule has 1 N–H and O–H groups in total. The third-order valence-electron chi connectivity index (χ3n) is 2.68. The molecule has 0 aliphatic heterocycles. The summed E-state index contributed by atoms with van der Waals surface area (Å²) in [4.78, 5) is 0. The van der Waals surface area contributed by atoms with E-state index in [2.05, 4.69) is 47.2 Å². The van der Waals surface area contributed by atoms with Gasteiger partial charge in [-0.2, -0.15) is 0 Å². The maximum absolute atomic E-state index is 5.88. The summed E-state index contributed by atoms with van der Waals surface area (Å²) < 4.78 is 6.84.